The van der Waals surface area contributed by atoms with Crippen molar-refractivity contribution in [2.45, 2.75) is 25.9 Å². The first-order chi connectivity index (χ1) is 7.79. The molecule has 0 amide bonds. The highest BCUT2D eigenvalue weighted by Crippen LogP contribution is 2.20. The summed E-state index contributed by atoms with van der Waals surface area (Å²) in [4.78, 5) is 8.17. The lowest BCUT2D eigenvalue weighted by Crippen LogP contribution is -2.26. The van der Waals surface area contributed by atoms with Crippen molar-refractivity contribution in [3.8, 4) is 5.88 Å². The molecular weight excluding hydrogens is 208 g/mol. The van der Waals surface area contributed by atoms with E-state index >= 15 is 0 Å². The van der Waals surface area contributed by atoms with E-state index in [2.05, 4.69) is 15.4 Å². The summed E-state index contributed by atoms with van der Waals surface area (Å²) in [5, 5.41) is 0. The molecule has 1 aromatic rings. The number of nitrogen functional groups attached to an aromatic ring is 1. The van der Waals surface area contributed by atoms with Crippen LogP contribution < -0.4 is 16.0 Å². The van der Waals surface area contributed by atoms with E-state index in [4.69, 9.17) is 15.3 Å². The van der Waals surface area contributed by atoms with Gasteiger partial charge >= 0.3 is 0 Å². The van der Waals surface area contributed by atoms with Crippen molar-refractivity contribution in [1.82, 2.24) is 9.97 Å². The number of nitrogens with zero attached hydrogens (tertiary/aromatic N) is 2. The second-order valence-electron chi connectivity index (χ2n) is 3.76. The van der Waals surface area contributed by atoms with Crippen LogP contribution >= 0.6 is 0 Å². The van der Waals surface area contributed by atoms with Gasteiger partial charge in [0.25, 0.3) is 0 Å². The molecule has 6 nitrogen and oxygen atoms in total. The number of aryl methyl sites for hydroxylation is 1. The van der Waals surface area contributed by atoms with Crippen LogP contribution in [0.3, 0.4) is 0 Å². The van der Waals surface area contributed by atoms with Gasteiger partial charge in [-0.2, -0.15) is 4.98 Å². The normalized spacial score (nSPS) is 17.1. The number of hydrogen-bond acceptors (Lipinski definition) is 6. The summed E-state index contributed by atoms with van der Waals surface area (Å²) in [6.07, 6.45) is 3.66. The van der Waals surface area contributed by atoms with Crippen LogP contribution in [-0.2, 0) is 4.74 Å². The van der Waals surface area contributed by atoms with Crippen molar-refractivity contribution >= 4 is 5.95 Å². The molecule has 0 atom stereocenters. The van der Waals surface area contributed by atoms with E-state index in [0.717, 1.165) is 31.6 Å². The zero-order valence-electron chi connectivity index (χ0n) is 9.27. The van der Waals surface area contributed by atoms with Crippen molar-refractivity contribution in [3.63, 3.8) is 0 Å². The molecule has 1 saturated heterocycles. The van der Waals surface area contributed by atoms with Gasteiger partial charge in [-0.15, -0.1) is 0 Å². The molecule has 0 spiro atoms. The van der Waals surface area contributed by atoms with Crippen LogP contribution in [0, 0.1) is 6.92 Å². The van der Waals surface area contributed by atoms with Gasteiger partial charge in [-0.25, -0.2) is 10.8 Å². The summed E-state index contributed by atoms with van der Waals surface area (Å²) in [5.74, 6) is 6.21. The van der Waals surface area contributed by atoms with E-state index < -0.39 is 0 Å². The Morgan fingerprint density at radius 1 is 1.50 bits per heavy atom. The van der Waals surface area contributed by atoms with Crippen LogP contribution in [0.25, 0.3) is 0 Å². The second-order valence-corrected chi connectivity index (χ2v) is 3.76. The summed E-state index contributed by atoms with van der Waals surface area (Å²) >= 11 is 0. The molecule has 0 aliphatic carbocycles. The first-order valence-corrected chi connectivity index (χ1v) is 5.34. The van der Waals surface area contributed by atoms with Gasteiger partial charge in [0.2, 0.25) is 11.8 Å². The van der Waals surface area contributed by atoms with E-state index in [9.17, 15) is 0 Å². The third-order valence-corrected chi connectivity index (χ3v) is 2.50. The minimum atomic E-state index is 0.174. The summed E-state index contributed by atoms with van der Waals surface area (Å²) in [6.45, 7) is 3.41. The Bertz CT molecular complexity index is 353. The summed E-state index contributed by atoms with van der Waals surface area (Å²) in [5.41, 5.74) is 3.31. The average molecular weight is 224 g/mol. The van der Waals surface area contributed by atoms with Crippen LogP contribution in [-0.4, -0.2) is 29.3 Å². The monoisotopic (exact) mass is 224 g/mol. The summed E-state index contributed by atoms with van der Waals surface area (Å²) < 4.78 is 11.1. The molecule has 1 aromatic heterocycles. The number of nitrogens with one attached hydrogen (secondary N) is 1. The van der Waals surface area contributed by atoms with Gasteiger partial charge in [0.05, 0.1) is 13.2 Å². The number of ether oxygens (including phenoxy) is 2. The highest BCUT2D eigenvalue weighted by Gasteiger charge is 2.17. The number of hydrazine groups is 1. The van der Waals surface area contributed by atoms with Crippen molar-refractivity contribution < 1.29 is 9.47 Å². The Labute approximate surface area is 94.1 Å². The smallest absolute Gasteiger partial charge is 0.240 e. The quantitative estimate of drug-likeness (QED) is 0.579. The molecular formula is C10H16N4O2. The molecule has 0 unspecified atom stereocenters. The minimum absolute atomic E-state index is 0.174. The molecule has 88 valence electrons. The van der Waals surface area contributed by atoms with Crippen molar-refractivity contribution in [2.24, 2.45) is 5.84 Å². The lowest BCUT2D eigenvalue weighted by atomic mass is 10.1. The molecule has 6 heteroatoms. The van der Waals surface area contributed by atoms with Gasteiger partial charge in [0.1, 0.15) is 6.10 Å². The van der Waals surface area contributed by atoms with Crippen LogP contribution in [0.4, 0.5) is 5.95 Å². The fourth-order valence-corrected chi connectivity index (χ4v) is 1.57. The maximum atomic E-state index is 5.80. The minimum Gasteiger partial charge on any atom is -0.474 e. The molecule has 2 heterocycles. The van der Waals surface area contributed by atoms with Gasteiger partial charge in [0.15, 0.2) is 0 Å². The molecule has 0 bridgehead atoms. The van der Waals surface area contributed by atoms with Crippen molar-refractivity contribution in [2.75, 3.05) is 18.6 Å². The Morgan fingerprint density at radius 2 is 2.25 bits per heavy atom. The fraction of sp³-hybridized carbons (Fsp3) is 0.600. The van der Waals surface area contributed by atoms with Gasteiger partial charge in [-0.3, -0.25) is 5.43 Å². The Hall–Kier alpha value is -1.40. The lowest BCUT2D eigenvalue weighted by Gasteiger charge is -2.23. The highest BCUT2D eigenvalue weighted by molar-refractivity contribution is 5.31. The molecule has 0 aromatic carbocycles. The molecule has 1 aliphatic rings. The van der Waals surface area contributed by atoms with Gasteiger partial charge in [0, 0.05) is 24.6 Å². The zero-order valence-corrected chi connectivity index (χ0v) is 9.27. The maximum Gasteiger partial charge on any atom is 0.240 e. The zero-order chi connectivity index (χ0) is 11.4. The van der Waals surface area contributed by atoms with Gasteiger partial charge in [-0.05, 0) is 6.92 Å². The van der Waals surface area contributed by atoms with E-state index in [1.165, 1.54) is 0 Å². The molecule has 2 rings (SSSR count). The second kappa shape index (κ2) is 5.09. The first-order valence-electron chi connectivity index (χ1n) is 5.34. The molecule has 16 heavy (non-hydrogen) atoms. The van der Waals surface area contributed by atoms with Crippen LogP contribution in [0.2, 0.25) is 0 Å². The number of aromatic nitrogens is 2. The van der Waals surface area contributed by atoms with E-state index in [1.807, 2.05) is 6.92 Å². The van der Waals surface area contributed by atoms with Crippen molar-refractivity contribution in [3.05, 3.63) is 11.8 Å². The molecule has 1 aliphatic heterocycles. The van der Waals surface area contributed by atoms with E-state index in [-0.39, 0.29) is 6.10 Å². The average Bonchev–Trinajstić information content (AvgIpc) is 2.33. The van der Waals surface area contributed by atoms with Gasteiger partial charge in [-0.1, -0.05) is 0 Å². The Kier molecular flexibility index (Phi) is 3.53. The van der Waals surface area contributed by atoms with E-state index in [1.54, 1.807) is 6.20 Å². The highest BCUT2D eigenvalue weighted by atomic mass is 16.5. The number of nitrogens with two attached hydrogens (primary N) is 1. The summed E-state index contributed by atoms with van der Waals surface area (Å²) in [7, 11) is 0. The van der Waals surface area contributed by atoms with Crippen LogP contribution in [0.15, 0.2) is 6.20 Å². The molecule has 0 radical (unpaired) electrons. The third-order valence-electron chi connectivity index (χ3n) is 2.50. The molecule has 3 N–H and O–H groups in total. The SMILES string of the molecule is Cc1cnc(NN)nc1OC1CCOCC1. The predicted molar refractivity (Wildman–Crippen MR) is 59.0 cm³/mol. The maximum absolute atomic E-state index is 5.80. The first kappa shape index (κ1) is 11.1. The summed E-state index contributed by atoms with van der Waals surface area (Å²) in [6, 6.07) is 0. The predicted octanol–water partition coefficient (Wildman–Crippen LogP) is 0.628. The van der Waals surface area contributed by atoms with E-state index in [0.29, 0.717) is 11.8 Å². The number of hydrogen-bond donors (Lipinski definition) is 2. The Morgan fingerprint density at radius 3 is 2.94 bits per heavy atom. The Balaban J connectivity index is 2.06. The van der Waals surface area contributed by atoms with Crippen molar-refractivity contribution in [1.29, 1.82) is 0 Å². The standard InChI is InChI=1S/C10H16N4O2/c1-7-6-12-10(14-11)13-9(7)16-8-2-4-15-5-3-8/h6,8H,2-5,11H2,1H3,(H,12,13,14). The fourth-order valence-electron chi connectivity index (χ4n) is 1.57. The molecule has 0 saturated carbocycles. The third kappa shape index (κ3) is 2.59. The van der Waals surface area contributed by atoms with Crippen LogP contribution in [0.1, 0.15) is 18.4 Å². The van der Waals surface area contributed by atoms with Gasteiger partial charge < -0.3 is 9.47 Å². The molecule has 1 fully saturated rings. The number of rotatable bonds is 3. The largest absolute Gasteiger partial charge is 0.474 e. The number of anilines is 1. The lowest BCUT2D eigenvalue weighted by molar-refractivity contribution is 0.0234. The topological polar surface area (TPSA) is 82.3 Å². The van der Waals surface area contributed by atoms with Crippen LogP contribution in [0.5, 0.6) is 5.88 Å².